The van der Waals surface area contributed by atoms with E-state index in [9.17, 15) is 0 Å². The SMILES string of the molecule is CC1(NC(N)=NC2CCCCC2)CCCC1. The summed E-state index contributed by atoms with van der Waals surface area (Å²) >= 11 is 0. The third-order valence-corrected chi connectivity index (χ3v) is 4.03. The van der Waals surface area contributed by atoms with Crippen LogP contribution in [-0.2, 0) is 0 Å². The molecule has 16 heavy (non-hydrogen) atoms. The molecule has 0 aliphatic heterocycles. The Labute approximate surface area is 98.9 Å². The Kier molecular flexibility index (Phi) is 3.72. The zero-order valence-corrected chi connectivity index (χ0v) is 10.5. The van der Waals surface area contributed by atoms with Crippen LogP contribution in [0.15, 0.2) is 4.99 Å². The van der Waals surface area contributed by atoms with Gasteiger partial charge in [-0.05, 0) is 32.6 Å². The van der Waals surface area contributed by atoms with E-state index >= 15 is 0 Å². The van der Waals surface area contributed by atoms with Gasteiger partial charge in [-0.2, -0.15) is 0 Å². The maximum absolute atomic E-state index is 6.01. The molecule has 0 amide bonds. The Balaban J connectivity index is 1.85. The predicted molar refractivity (Wildman–Crippen MR) is 68.5 cm³/mol. The third kappa shape index (κ3) is 3.13. The van der Waals surface area contributed by atoms with E-state index in [2.05, 4.69) is 17.2 Å². The minimum Gasteiger partial charge on any atom is -0.370 e. The van der Waals surface area contributed by atoms with Crippen LogP contribution in [0.25, 0.3) is 0 Å². The van der Waals surface area contributed by atoms with Crippen LogP contribution in [-0.4, -0.2) is 17.5 Å². The van der Waals surface area contributed by atoms with Crippen molar-refractivity contribution in [3.8, 4) is 0 Å². The number of nitrogens with one attached hydrogen (secondary N) is 1. The van der Waals surface area contributed by atoms with Gasteiger partial charge in [-0.1, -0.05) is 32.1 Å². The smallest absolute Gasteiger partial charge is 0.189 e. The normalized spacial score (nSPS) is 26.9. The van der Waals surface area contributed by atoms with Gasteiger partial charge in [0, 0.05) is 5.54 Å². The van der Waals surface area contributed by atoms with Crippen LogP contribution in [0.4, 0.5) is 0 Å². The predicted octanol–water partition coefficient (Wildman–Crippen LogP) is 2.56. The molecule has 0 radical (unpaired) electrons. The molecular formula is C13H25N3. The van der Waals surface area contributed by atoms with Gasteiger partial charge in [0.05, 0.1) is 6.04 Å². The molecule has 2 aliphatic rings. The minimum absolute atomic E-state index is 0.211. The first kappa shape index (κ1) is 11.7. The van der Waals surface area contributed by atoms with Gasteiger partial charge in [-0.3, -0.25) is 4.99 Å². The zero-order valence-electron chi connectivity index (χ0n) is 10.5. The monoisotopic (exact) mass is 223 g/mol. The fraction of sp³-hybridized carbons (Fsp3) is 0.923. The molecule has 92 valence electrons. The maximum Gasteiger partial charge on any atom is 0.189 e. The van der Waals surface area contributed by atoms with Crippen LogP contribution >= 0.6 is 0 Å². The maximum atomic E-state index is 6.01. The molecular weight excluding hydrogens is 198 g/mol. The van der Waals surface area contributed by atoms with Gasteiger partial charge in [0.1, 0.15) is 0 Å². The summed E-state index contributed by atoms with van der Waals surface area (Å²) in [5.74, 6) is 0.677. The summed E-state index contributed by atoms with van der Waals surface area (Å²) < 4.78 is 0. The first-order valence-corrected chi connectivity index (χ1v) is 6.79. The molecule has 0 unspecified atom stereocenters. The number of nitrogens with zero attached hydrogens (tertiary/aromatic N) is 1. The molecule has 0 heterocycles. The fourth-order valence-electron chi connectivity index (χ4n) is 3.03. The van der Waals surface area contributed by atoms with Gasteiger partial charge in [-0.15, -0.1) is 0 Å². The Morgan fingerprint density at radius 1 is 1.12 bits per heavy atom. The standard InChI is InChI=1S/C13H25N3/c1-13(9-5-6-10-13)16-12(14)15-11-7-3-2-4-8-11/h11H,2-10H2,1H3,(H3,14,15,16). The van der Waals surface area contributed by atoms with Crippen LogP contribution < -0.4 is 11.1 Å². The average Bonchev–Trinajstić information content (AvgIpc) is 2.66. The van der Waals surface area contributed by atoms with Crippen molar-refractivity contribution in [2.24, 2.45) is 10.7 Å². The Hall–Kier alpha value is -0.730. The van der Waals surface area contributed by atoms with Crippen molar-refractivity contribution in [2.75, 3.05) is 0 Å². The molecule has 2 saturated carbocycles. The summed E-state index contributed by atoms with van der Waals surface area (Å²) in [5, 5.41) is 3.43. The molecule has 2 fully saturated rings. The number of rotatable bonds is 2. The summed E-state index contributed by atoms with van der Waals surface area (Å²) in [6.07, 6.45) is 11.6. The van der Waals surface area contributed by atoms with Crippen LogP contribution in [0.2, 0.25) is 0 Å². The summed E-state index contributed by atoms with van der Waals surface area (Å²) in [6.45, 7) is 2.27. The van der Waals surface area contributed by atoms with Gasteiger partial charge in [0.2, 0.25) is 0 Å². The van der Waals surface area contributed by atoms with Crippen molar-refractivity contribution in [3.05, 3.63) is 0 Å². The lowest BCUT2D eigenvalue weighted by Crippen LogP contribution is -2.47. The van der Waals surface area contributed by atoms with Crippen LogP contribution in [0.3, 0.4) is 0 Å². The second-order valence-corrected chi connectivity index (χ2v) is 5.70. The van der Waals surface area contributed by atoms with E-state index in [4.69, 9.17) is 5.73 Å². The van der Waals surface area contributed by atoms with Crippen LogP contribution in [0, 0.1) is 0 Å². The number of hydrogen-bond donors (Lipinski definition) is 2. The lowest BCUT2D eigenvalue weighted by molar-refractivity contribution is 0.417. The number of aliphatic imine (C=N–C) groups is 1. The number of nitrogens with two attached hydrogens (primary N) is 1. The highest BCUT2D eigenvalue weighted by Crippen LogP contribution is 2.28. The number of guanidine groups is 1. The van der Waals surface area contributed by atoms with Gasteiger partial charge >= 0.3 is 0 Å². The molecule has 2 aliphatic carbocycles. The highest BCUT2D eigenvalue weighted by molar-refractivity contribution is 5.78. The fourth-order valence-corrected chi connectivity index (χ4v) is 3.03. The van der Waals surface area contributed by atoms with Crippen molar-refractivity contribution in [2.45, 2.75) is 76.3 Å². The molecule has 3 heteroatoms. The van der Waals surface area contributed by atoms with Crippen molar-refractivity contribution < 1.29 is 0 Å². The van der Waals surface area contributed by atoms with E-state index in [1.165, 1.54) is 57.8 Å². The topological polar surface area (TPSA) is 50.4 Å². The minimum atomic E-state index is 0.211. The first-order valence-electron chi connectivity index (χ1n) is 6.79. The highest BCUT2D eigenvalue weighted by atomic mass is 15.1. The lowest BCUT2D eigenvalue weighted by atomic mass is 9.96. The van der Waals surface area contributed by atoms with Gasteiger partial charge < -0.3 is 11.1 Å². The molecule has 3 N–H and O–H groups in total. The molecule has 0 aromatic carbocycles. The van der Waals surface area contributed by atoms with Gasteiger partial charge in [0.25, 0.3) is 0 Å². The van der Waals surface area contributed by atoms with Crippen LogP contribution in [0.1, 0.15) is 64.7 Å². The van der Waals surface area contributed by atoms with E-state index < -0.39 is 0 Å². The lowest BCUT2D eigenvalue weighted by Gasteiger charge is -2.27. The quantitative estimate of drug-likeness (QED) is 0.558. The van der Waals surface area contributed by atoms with E-state index in [0.717, 1.165) is 0 Å². The van der Waals surface area contributed by atoms with E-state index in [-0.39, 0.29) is 5.54 Å². The molecule has 0 saturated heterocycles. The number of hydrogen-bond acceptors (Lipinski definition) is 1. The van der Waals surface area contributed by atoms with Crippen molar-refractivity contribution >= 4 is 5.96 Å². The van der Waals surface area contributed by atoms with Crippen molar-refractivity contribution in [1.82, 2.24) is 5.32 Å². The van der Waals surface area contributed by atoms with Crippen LogP contribution in [0.5, 0.6) is 0 Å². The molecule has 0 spiro atoms. The van der Waals surface area contributed by atoms with Crippen molar-refractivity contribution in [1.29, 1.82) is 0 Å². The Bertz CT molecular complexity index is 248. The summed E-state index contributed by atoms with van der Waals surface area (Å²) in [6, 6.07) is 0.478. The molecule has 0 bridgehead atoms. The highest BCUT2D eigenvalue weighted by Gasteiger charge is 2.29. The summed E-state index contributed by atoms with van der Waals surface area (Å²) in [5.41, 5.74) is 6.22. The summed E-state index contributed by atoms with van der Waals surface area (Å²) in [4.78, 5) is 4.63. The Morgan fingerprint density at radius 3 is 2.38 bits per heavy atom. The Morgan fingerprint density at radius 2 is 1.75 bits per heavy atom. The molecule has 0 atom stereocenters. The molecule has 2 rings (SSSR count). The molecule has 0 aromatic rings. The second-order valence-electron chi connectivity index (χ2n) is 5.70. The first-order chi connectivity index (χ1) is 7.68. The second kappa shape index (κ2) is 5.07. The van der Waals surface area contributed by atoms with Crippen molar-refractivity contribution in [3.63, 3.8) is 0 Å². The average molecular weight is 223 g/mol. The third-order valence-electron chi connectivity index (χ3n) is 4.03. The van der Waals surface area contributed by atoms with Gasteiger partial charge in [-0.25, -0.2) is 0 Å². The van der Waals surface area contributed by atoms with Gasteiger partial charge in [0.15, 0.2) is 5.96 Å². The van der Waals surface area contributed by atoms with E-state index in [0.29, 0.717) is 12.0 Å². The zero-order chi connectivity index (χ0) is 11.4. The largest absolute Gasteiger partial charge is 0.370 e. The van der Waals surface area contributed by atoms with E-state index in [1.54, 1.807) is 0 Å². The molecule has 0 aromatic heterocycles. The van der Waals surface area contributed by atoms with E-state index in [1.807, 2.05) is 0 Å². The summed E-state index contributed by atoms with van der Waals surface area (Å²) in [7, 11) is 0. The molecule has 3 nitrogen and oxygen atoms in total.